The van der Waals surface area contributed by atoms with E-state index in [1.165, 1.54) is 0 Å². The molecule has 2 amide bonds. The van der Waals surface area contributed by atoms with Gasteiger partial charge in [-0.3, -0.25) is 19.0 Å². The molecule has 1 aromatic heterocycles. The van der Waals surface area contributed by atoms with Crippen LogP contribution in [0, 0.1) is 4.77 Å². The minimum Gasteiger partial charge on any atom is -0.332 e. The molecule has 0 atom stereocenters. The van der Waals surface area contributed by atoms with Crippen LogP contribution in [0.3, 0.4) is 0 Å². The summed E-state index contributed by atoms with van der Waals surface area (Å²) in [5, 5.41) is 3.54. The number of unbranched alkanes of at least 4 members (excludes halogenated alkanes) is 2. The second kappa shape index (κ2) is 9.91. The molecule has 0 unspecified atom stereocenters. The number of hydrogen-bond acceptors (Lipinski definition) is 4. The van der Waals surface area contributed by atoms with Gasteiger partial charge < -0.3 is 15.2 Å². The van der Waals surface area contributed by atoms with Crippen molar-refractivity contribution in [3.63, 3.8) is 0 Å². The van der Waals surface area contributed by atoms with Crippen molar-refractivity contribution in [1.82, 2.24) is 9.55 Å². The van der Waals surface area contributed by atoms with E-state index in [0.29, 0.717) is 35.2 Å². The second-order valence-electron chi connectivity index (χ2n) is 7.99. The number of anilines is 2. The zero-order valence-corrected chi connectivity index (χ0v) is 18.6. The van der Waals surface area contributed by atoms with Crippen LogP contribution >= 0.6 is 12.2 Å². The molecule has 0 saturated carbocycles. The lowest BCUT2D eigenvalue weighted by atomic mass is 10.1. The first-order chi connectivity index (χ1) is 15.5. The highest BCUT2D eigenvalue weighted by Crippen LogP contribution is 2.24. The fourth-order valence-corrected chi connectivity index (χ4v) is 4.31. The summed E-state index contributed by atoms with van der Waals surface area (Å²) < 4.78 is 2.01. The smallest absolute Gasteiger partial charge is 0.262 e. The highest BCUT2D eigenvalue weighted by atomic mass is 32.1. The van der Waals surface area contributed by atoms with Crippen LogP contribution in [0.25, 0.3) is 10.9 Å². The molecule has 0 radical (unpaired) electrons. The molecule has 2 N–H and O–H groups in total. The van der Waals surface area contributed by atoms with Crippen molar-refractivity contribution < 1.29 is 9.59 Å². The minimum atomic E-state index is -0.0848. The third-order valence-electron chi connectivity index (χ3n) is 5.69. The van der Waals surface area contributed by atoms with Gasteiger partial charge in [0, 0.05) is 37.3 Å². The second-order valence-corrected chi connectivity index (χ2v) is 8.38. The molecule has 4 rings (SSSR count). The summed E-state index contributed by atoms with van der Waals surface area (Å²) in [4.78, 5) is 41.8. The summed E-state index contributed by atoms with van der Waals surface area (Å²) in [7, 11) is 0. The van der Waals surface area contributed by atoms with Crippen LogP contribution in [0.4, 0.5) is 11.4 Å². The molecule has 0 aliphatic carbocycles. The summed E-state index contributed by atoms with van der Waals surface area (Å²) >= 11 is 5.34. The Morgan fingerprint density at radius 3 is 2.72 bits per heavy atom. The predicted octanol–water partition coefficient (Wildman–Crippen LogP) is 4.38. The lowest BCUT2D eigenvalue weighted by molar-refractivity contribution is -0.117. The van der Waals surface area contributed by atoms with E-state index in [-0.39, 0.29) is 17.4 Å². The Morgan fingerprint density at radius 1 is 1.06 bits per heavy atom. The van der Waals surface area contributed by atoms with E-state index in [9.17, 15) is 14.4 Å². The van der Waals surface area contributed by atoms with Gasteiger partial charge in [0.1, 0.15) is 0 Å². The van der Waals surface area contributed by atoms with Crippen LogP contribution in [0.5, 0.6) is 0 Å². The number of nitrogens with one attached hydrogen (secondary N) is 2. The fraction of sp³-hybridized carbons (Fsp3) is 0.333. The molecule has 1 fully saturated rings. The predicted molar refractivity (Wildman–Crippen MR) is 129 cm³/mol. The molecule has 166 valence electrons. The standard InChI is InChI=1S/C24H26N4O3S/c29-21(25-17-8-6-9-18(16-17)27-15-7-13-22(27)30)12-2-1-5-14-28-23(31)19-10-3-4-11-20(19)26-24(28)32/h3-4,6,8-11,16H,1-2,5,7,12-15H2,(H,25,29)(H,26,32). The number of carbonyl (C=O) groups is 2. The van der Waals surface area contributed by atoms with E-state index in [4.69, 9.17) is 12.2 Å². The maximum atomic E-state index is 12.7. The van der Waals surface area contributed by atoms with Crippen LogP contribution in [-0.2, 0) is 16.1 Å². The van der Waals surface area contributed by atoms with Gasteiger partial charge in [0.05, 0.1) is 10.9 Å². The molecule has 1 aliphatic rings. The summed E-state index contributed by atoms with van der Waals surface area (Å²) in [5.74, 6) is 0.0638. The number of amides is 2. The first-order valence-corrected chi connectivity index (χ1v) is 11.4. The monoisotopic (exact) mass is 450 g/mol. The Hall–Kier alpha value is -3.26. The van der Waals surface area contributed by atoms with E-state index in [1.54, 1.807) is 15.5 Å². The molecule has 2 heterocycles. The van der Waals surface area contributed by atoms with Gasteiger partial charge in [0.15, 0.2) is 4.77 Å². The summed E-state index contributed by atoms with van der Waals surface area (Å²) in [5.41, 5.74) is 2.18. The van der Waals surface area contributed by atoms with E-state index in [0.717, 1.165) is 43.4 Å². The van der Waals surface area contributed by atoms with Crippen molar-refractivity contribution in [1.29, 1.82) is 0 Å². The highest BCUT2D eigenvalue weighted by Gasteiger charge is 2.21. The highest BCUT2D eigenvalue weighted by molar-refractivity contribution is 7.71. The Morgan fingerprint density at radius 2 is 1.91 bits per heavy atom. The minimum absolute atomic E-state index is 0.0601. The molecular formula is C24H26N4O3S. The van der Waals surface area contributed by atoms with Crippen LogP contribution < -0.4 is 15.8 Å². The molecule has 8 heteroatoms. The Bertz CT molecular complexity index is 1260. The lowest BCUT2D eigenvalue weighted by Crippen LogP contribution is -2.23. The number of para-hydroxylation sites is 1. The molecule has 2 aromatic carbocycles. The molecule has 1 saturated heterocycles. The molecule has 1 aliphatic heterocycles. The van der Waals surface area contributed by atoms with Crippen molar-refractivity contribution in [2.75, 3.05) is 16.8 Å². The van der Waals surface area contributed by atoms with E-state index < -0.39 is 0 Å². The van der Waals surface area contributed by atoms with Gasteiger partial charge in [0.2, 0.25) is 11.8 Å². The number of H-pyrrole nitrogens is 1. The molecule has 7 nitrogen and oxygen atoms in total. The van der Waals surface area contributed by atoms with Crippen molar-refractivity contribution in [2.24, 2.45) is 0 Å². The maximum Gasteiger partial charge on any atom is 0.262 e. The molecule has 0 spiro atoms. The molecular weight excluding hydrogens is 424 g/mol. The van der Waals surface area contributed by atoms with Gasteiger partial charge in [-0.2, -0.15) is 0 Å². The topological polar surface area (TPSA) is 87.2 Å². The first kappa shape index (κ1) is 22.0. The number of aromatic nitrogens is 2. The van der Waals surface area contributed by atoms with Gasteiger partial charge in [-0.25, -0.2) is 0 Å². The van der Waals surface area contributed by atoms with Crippen LogP contribution in [0.2, 0.25) is 0 Å². The van der Waals surface area contributed by atoms with Gasteiger partial charge in [-0.15, -0.1) is 0 Å². The number of benzene rings is 2. The van der Waals surface area contributed by atoms with Crippen LogP contribution in [0.1, 0.15) is 38.5 Å². The number of hydrogen-bond donors (Lipinski definition) is 2. The van der Waals surface area contributed by atoms with Gasteiger partial charge in [-0.05, 0) is 61.8 Å². The number of carbonyl (C=O) groups excluding carboxylic acids is 2. The SMILES string of the molecule is O=C(CCCCCn1c(=S)[nH]c2ccccc2c1=O)Nc1cccc(N2CCCC2=O)c1. The average Bonchev–Trinajstić information content (AvgIpc) is 3.21. The molecule has 0 bridgehead atoms. The number of aromatic amines is 1. The zero-order chi connectivity index (χ0) is 22.5. The Kier molecular flexibility index (Phi) is 6.80. The van der Waals surface area contributed by atoms with Crippen LogP contribution in [-0.4, -0.2) is 27.9 Å². The van der Waals surface area contributed by atoms with Gasteiger partial charge in [0.25, 0.3) is 5.56 Å². The average molecular weight is 451 g/mol. The summed E-state index contributed by atoms with van der Waals surface area (Å²) in [6.45, 7) is 1.24. The first-order valence-electron chi connectivity index (χ1n) is 10.9. The van der Waals surface area contributed by atoms with E-state index in [1.807, 2.05) is 42.5 Å². The van der Waals surface area contributed by atoms with Crippen molar-refractivity contribution in [3.05, 3.63) is 63.7 Å². The maximum absolute atomic E-state index is 12.7. The Labute approximate surface area is 191 Å². The quantitative estimate of drug-likeness (QED) is 0.394. The lowest BCUT2D eigenvalue weighted by Gasteiger charge is -2.16. The third-order valence-corrected chi connectivity index (χ3v) is 6.01. The van der Waals surface area contributed by atoms with E-state index in [2.05, 4.69) is 10.3 Å². The van der Waals surface area contributed by atoms with E-state index >= 15 is 0 Å². The van der Waals surface area contributed by atoms with Crippen molar-refractivity contribution >= 4 is 46.3 Å². The van der Waals surface area contributed by atoms with Crippen LogP contribution in [0.15, 0.2) is 53.3 Å². The molecule has 32 heavy (non-hydrogen) atoms. The number of rotatable bonds is 8. The van der Waals surface area contributed by atoms with Gasteiger partial charge >= 0.3 is 0 Å². The Balaban J connectivity index is 1.26. The third kappa shape index (κ3) is 4.96. The largest absolute Gasteiger partial charge is 0.332 e. The number of fused-ring (bicyclic) bond motifs is 1. The van der Waals surface area contributed by atoms with Gasteiger partial charge in [-0.1, -0.05) is 24.6 Å². The fourth-order valence-electron chi connectivity index (χ4n) is 4.03. The normalized spacial score (nSPS) is 13.6. The summed E-state index contributed by atoms with van der Waals surface area (Å²) in [6.07, 6.45) is 4.12. The molecule has 3 aromatic rings. The summed E-state index contributed by atoms with van der Waals surface area (Å²) in [6, 6.07) is 14.7. The number of nitrogens with zero attached hydrogens (tertiary/aromatic N) is 2. The zero-order valence-electron chi connectivity index (χ0n) is 17.8. The van der Waals surface area contributed by atoms with Crippen molar-refractivity contribution in [2.45, 2.75) is 45.1 Å². The van der Waals surface area contributed by atoms with Crippen molar-refractivity contribution in [3.8, 4) is 0 Å².